The van der Waals surface area contributed by atoms with Crippen molar-refractivity contribution in [1.82, 2.24) is 5.32 Å². The van der Waals surface area contributed by atoms with Crippen LogP contribution < -0.4 is 34.9 Å². The van der Waals surface area contributed by atoms with Crippen LogP contribution in [0, 0.1) is 6.92 Å². The van der Waals surface area contributed by atoms with Crippen molar-refractivity contribution in [2.45, 2.75) is 43.4 Å². The molecule has 3 aromatic carbocycles. The molecule has 0 saturated carbocycles. The van der Waals surface area contributed by atoms with E-state index in [9.17, 15) is 18.0 Å². The molecule has 14 heteroatoms. The Hall–Kier alpha value is -4.63. The summed E-state index contributed by atoms with van der Waals surface area (Å²) in [5.41, 5.74) is 4.11. The van der Waals surface area contributed by atoms with Crippen molar-refractivity contribution in [3.05, 3.63) is 87.6 Å². The minimum absolute atomic E-state index is 0.00458. The van der Waals surface area contributed by atoms with E-state index in [0.29, 0.717) is 42.5 Å². The average Bonchev–Trinajstić information content (AvgIpc) is 3.83. The van der Waals surface area contributed by atoms with E-state index in [1.165, 1.54) is 17.0 Å². The number of fused-ring (bicyclic) bond motifs is 6. The summed E-state index contributed by atoms with van der Waals surface area (Å²) in [7, 11) is -3.88. The Bertz CT molecular complexity index is 1950. The van der Waals surface area contributed by atoms with Crippen LogP contribution in [0.3, 0.4) is 0 Å². The van der Waals surface area contributed by atoms with E-state index in [2.05, 4.69) is 27.4 Å². The van der Waals surface area contributed by atoms with Crippen LogP contribution in [0.4, 0.5) is 11.4 Å². The maximum Gasteiger partial charge on any atom is 0.297 e. The quantitative estimate of drug-likeness (QED) is 0.230. The van der Waals surface area contributed by atoms with Crippen molar-refractivity contribution in [3.63, 3.8) is 0 Å². The van der Waals surface area contributed by atoms with E-state index < -0.39 is 16.2 Å². The minimum Gasteiger partial charge on any atom is -0.486 e. The molecule has 2 unspecified atom stereocenters. The number of hydrogen-bond donors (Lipinski definition) is 3. The van der Waals surface area contributed by atoms with E-state index in [4.69, 9.17) is 23.1 Å². The zero-order chi connectivity index (χ0) is 33.3. The third-order valence-corrected chi connectivity index (χ3v) is 10.2. The molecule has 1 aromatic heterocycles. The molecule has 2 atom stereocenters. The number of ether oxygens (including phenoxy) is 4. The molecule has 4 aromatic rings. The monoisotopic (exact) mass is 691 g/mol. The lowest BCUT2D eigenvalue weighted by atomic mass is 10.1. The maximum atomic E-state index is 12.3. The molecular weight excluding hydrogens is 659 g/mol. The number of aryl methyl sites for hydroxylation is 1. The second-order valence-electron chi connectivity index (χ2n) is 11.7. The van der Waals surface area contributed by atoms with Gasteiger partial charge < -0.3 is 34.9 Å². The fourth-order valence-electron chi connectivity index (χ4n) is 5.65. The van der Waals surface area contributed by atoms with E-state index in [1.54, 1.807) is 35.6 Å². The number of rotatable bonds is 8. The van der Waals surface area contributed by atoms with Gasteiger partial charge in [-0.1, -0.05) is 23.8 Å². The lowest BCUT2D eigenvalue weighted by Gasteiger charge is -2.28. The van der Waals surface area contributed by atoms with Crippen LogP contribution in [0.25, 0.3) is 0 Å². The zero-order valence-electron chi connectivity index (χ0n) is 25.9. The van der Waals surface area contributed by atoms with Crippen LogP contribution in [0.15, 0.2) is 70.9 Å². The normalized spacial score (nSPS) is 18.6. The summed E-state index contributed by atoms with van der Waals surface area (Å²) >= 11 is 1.73. The van der Waals surface area contributed by atoms with Crippen molar-refractivity contribution in [1.29, 1.82) is 0 Å². The zero-order valence-corrected chi connectivity index (χ0v) is 27.6. The molecule has 12 nitrogen and oxygen atoms in total. The van der Waals surface area contributed by atoms with Crippen LogP contribution in [-0.2, 0) is 43.3 Å². The summed E-state index contributed by atoms with van der Waals surface area (Å²) in [5, 5.41) is 11.0. The van der Waals surface area contributed by atoms with Crippen LogP contribution in [0.2, 0.25) is 0 Å². The first-order valence-corrected chi connectivity index (χ1v) is 17.7. The summed E-state index contributed by atoms with van der Waals surface area (Å²) in [6.07, 6.45) is -0.0755. The second kappa shape index (κ2) is 13.5. The van der Waals surface area contributed by atoms with E-state index in [0.717, 1.165) is 34.7 Å². The first kappa shape index (κ1) is 31.9. The SMILES string of the molecule is Cc1ccc(S(=O)(=O)OCC2COc3ccc4c(c3O2)CC(=O)N4)cc1.O=C1Cc2c(ccc3c2OC(CNCc2cccs2)CO3)N1. The topological polar surface area (TPSA) is 151 Å². The number of hydrogen-bond acceptors (Lipinski definition) is 11. The molecule has 8 rings (SSSR count). The first-order valence-electron chi connectivity index (χ1n) is 15.4. The number of carbonyl (C=O) groups excluding carboxylic acids is 2. The van der Waals surface area contributed by atoms with Gasteiger partial charge in [0.2, 0.25) is 11.8 Å². The highest BCUT2D eigenvalue weighted by atomic mass is 32.2. The van der Waals surface area contributed by atoms with Gasteiger partial charge >= 0.3 is 0 Å². The van der Waals surface area contributed by atoms with Gasteiger partial charge in [-0.25, -0.2) is 0 Å². The molecule has 250 valence electrons. The number of amides is 2. The minimum atomic E-state index is -3.88. The van der Waals surface area contributed by atoms with Crippen LogP contribution >= 0.6 is 11.3 Å². The van der Waals surface area contributed by atoms with Gasteiger partial charge in [0.25, 0.3) is 10.1 Å². The van der Waals surface area contributed by atoms with E-state index in [1.807, 2.05) is 25.1 Å². The highest BCUT2D eigenvalue weighted by Gasteiger charge is 2.32. The molecule has 5 heterocycles. The fourth-order valence-corrected chi connectivity index (χ4v) is 7.26. The molecule has 0 fully saturated rings. The van der Waals surface area contributed by atoms with Crippen LogP contribution in [0.5, 0.6) is 23.0 Å². The van der Waals surface area contributed by atoms with Gasteiger partial charge in [-0.2, -0.15) is 8.42 Å². The van der Waals surface area contributed by atoms with Crippen LogP contribution in [-0.4, -0.2) is 58.8 Å². The standard InChI is InChI=1S/C18H17NO6S.C16H16N2O3S/c1-11-2-4-13(5-3-11)26(21,22)24-10-12-9-23-16-7-6-15-14(18(16)25-12)8-17(20)19-15;19-15-6-12-13(18-15)3-4-14-16(12)21-10(9-20-14)7-17-8-11-2-1-5-22-11/h2-7,12H,8-10H2,1H3,(H,19,20);1-5,10,17H,6-9H2,(H,18,19). The molecule has 0 saturated heterocycles. The highest BCUT2D eigenvalue weighted by Crippen LogP contribution is 2.43. The smallest absolute Gasteiger partial charge is 0.297 e. The van der Waals surface area contributed by atoms with Gasteiger partial charge in [-0.05, 0) is 54.8 Å². The van der Waals surface area contributed by atoms with Gasteiger partial charge in [0.15, 0.2) is 29.1 Å². The lowest BCUT2D eigenvalue weighted by molar-refractivity contribution is -0.116. The summed E-state index contributed by atoms with van der Waals surface area (Å²) in [6.45, 7) is 3.92. The molecule has 4 aliphatic rings. The number of thiophene rings is 1. The summed E-state index contributed by atoms with van der Waals surface area (Å²) in [4.78, 5) is 24.5. The largest absolute Gasteiger partial charge is 0.486 e. The average molecular weight is 692 g/mol. The van der Waals surface area contributed by atoms with Crippen molar-refractivity contribution < 1.29 is 41.1 Å². The Morgan fingerprint density at radius 1 is 0.833 bits per heavy atom. The molecule has 2 amide bonds. The number of nitrogens with one attached hydrogen (secondary N) is 3. The van der Waals surface area contributed by atoms with Crippen molar-refractivity contribution >= 4 is 44.6 Å². The third-order valence-electron chi connectivity index (χ3n) is 8.06. The second-order valence-corrected chi connectivity index (χ2v) is 14.3. The lowest BCUT2D eigenvalue weighted by Crippen LogP contribution is -2.38. The molecule has 0 bridgehead atoms. The number of carbonyl (C=O) groups is 2. The highest BCUT2D eigenvalue weighted by molar-refractivity contribution is 7.86. The van der Waals surface area contributed by atoms with Crippen molar-refractivity contribution in [2.75, 3.05) is 37.0 Å². The number of anilines is 2. The fraction of sp³-hybridized carbons (Fsp3) is 0.294. The molecule has 0 spiro atoms. The van der Waals surface area contributed by atoms with Crippen molar-refractivity contribution in [2.24, 2.45) is 0 Å². The van der Waals surface area contributed by atoms with E-state index >= 15 is 0 Å². The summed E-state index contributed by atoms with van der Waals surface area (Å²) in [6, 6.07) is 17.8. The van der Waals surface area contributed by atoms with Gasteiger partial charge in [0, 0.05) is 40.5 Å². The molecule has 48 heavy (non-hydrogen) atoms. The van der Waals surface area contributed by atoms with Gasteiger partial charge in [-0.3, -0.25) is 13.8 Å². The Balaban J connectivity index is 0.000000154. The Labute approximate surface area is 281 Å². The Kier molecular flexibility index (Phi) is 8.96. The predicted octanol–water partition coefficient (Wildman–Crippen LogP) is 4.21. The molecule has 4 aliphatic heterocycles. The van der Waals surface area contributed by atoms with Gasteiger partial charge in [0.05, 0.1) is 17.7 Å². The maximum absolute atomic E-state index is 12.3. The molecule has 0 radical (unpaired) electrons. The van der Waals surface area contributed by atoms with Crippen LogP contribution in [0.1, 0.15) is 21.6 Å². The number of benzene rings is 3. The molecule has 0 aliphatic carbocycles. The predicted molar refractivity (Wildman–Crippen MR) is 178 cm³/mol. The third kappa shape index (κ3) is 6.97. The van der Waals surface area contributed by atoms with E-state index in [-0.39, 0.29) is 42.4 Å². The summed E-state index contributed by atoms with van der Waals surface area (Å²) < 4.78 is 53.1. The van der Waals surface area contributed by atoms with Gasteiger partial charge in [-0.15, -0.1) is 11.3 Å². The Morgan fingerprint density at radius 3 is 2.04 bits per heavy atom. The first-order chi connectivity index (χ1) is 23.2. The van der Waals surface area contributed by atoms with Crippen molar-refractivity contribution in [3.8, 4) is 23.0 Å². The van der Waals surface area contributed by atoms with Gasteiger partial charge in [0.1, 0.15) is 25.9 Å². The molecule has 3 N–H and O–H groups in total. The summed E-state index contributed by atoms with van der Waals surface area (Å²) in [5.74, 6) is 2.34. The Morgan fingerprint density at radius 2 is 1.44 bits per heavy atom. The molecular formula is C34H33N3O9S2.